The van der Waals surface area contributed by atoms with Crippen molar-refractivity contribution >= 4 is 40.1 Å². The Morgan fingerprint density at radius 2 is 2.08 bits per heavy atom. The summed E-state index contributed by atoms with van der Waals surface area (Å²) >= 11 is 8.43. The number of ether oxygens (including phenoxy) is 2. The Labute approximate surface area is 159 Å². The van der Waals surface area contributed by atoms with Gasteiger partial charge in [0.25, 0.3) is 5.91 Å². The van der Waals surface area contributed by atoms with Crippen LogP contribution >= 0.6 is 34.2 Å². The summed E-state index contributed by atoms with van der Waals surface area (Å²) < 4.78 is 12.1. The molecule has 4 nitrogen and oxygen atoms in total. The lowest BCUT2D eigenvalue weighted by molar-refractivity contribution is 0.0953. The number of fused-ring (bicyclic) bond motifs is 1. The molecule has 0 unspecified atom stereocenters. The van der Waals surface area contributed by atoms with Crippen molar-refractivity contribution in [2.45, 2.75) is 13.3 Å². The first-order chi connectivity index (χ1) is 11.6. The summed E-state index contributed by atoms with van der Waals surface area (Å²) in [4.78, 5) is 12.3. The van der Waals surface area contributed by atoms with E-state index in [-0.39, 0.29) is 5.91 Å². The number of hydrogen-bond acceptors (Lipinski definition) is 3. The molecule has 6 heteroatoms. The molecule has 1 N–H and O–H groups in total. The van der Waals surface area contributed by atoms with E-state index in [9.17, 15) is 4.79 Å². The van der Waals surface area contributed by atoms with Crippen molar-refractivity contribution < 1.29 is 14.3 Å². The van der Waals surface area contributed by atoms with Gasteiger partial charge in [0, 0.05) is 10.1 Å². The van der Waals surface area contributed by atoms with Crippen LogP contribution in [-0.2, 0) is 6.42 Å². The maximum atomic E-state index is 12.3. The van der Waals surface area contributed by atoms with E-state index in [2.05, 4.69) is 27.9 Å². The predicted octanol–water partition coefficient (Wildman–Crippen LogP) is 4.00. The second-order valence-electron chi connectivity index (χ2n) is 5.54. The Balaban J connectivity index is 1.63. The fraction of sp³-hybridized carbons (Fsp3) is 0.278. The van der Waals surface area contributed by atoms with Gasteiger partial charge in [0.2, 0.25) is 0 Å². The molecule has 0 aliphatic carbocycles. The Morgan fingerprint density at radius 1 is 1.29 bits per heavy atom. The van der Waals surface area contributed by atoms with Gasteiger partial charge >= 0.3 is 0 Å². The highest BCUT2D eigenvalue weighted by molar-refractivity contribution is 14.1. The molecule has 0 atom stereocenters. The van der Waals surface area contributed by atoms with Crippen LogP contribution in [0.15, 0.2) is 30.3 Å². The molecule has 1 amide bonds. The fourth-order valence-corrected chi connectivity index (χ4v) is 3.44. The zero-order chi connectivity index (χ0) is 17.1. The van der Waals surface area contributed by atoms with Gasteiger partial charge in [0.05, 0.1) is 10.6 Å². The summed E-state index contributed by atoms with van der Waals surface area (Å²) in [6, 6.07) is 9.51. The van der Waals surface area contributed by atoms with E-state index >= 15 is 0 Å². The van der Waals surface area contributed by atoms with Crippen LogP contribution in [0.25, 0.3) is 0 Å². The summed E-state index contributed by atoms with van der Waals surface area (Å²) in [5, 5.41) is 3.50. The highest BCUT2D eigenvalue weighted by Crippen LogP contribution is 2.38. The first-order valence-corrected chi connectivity index (χ1v) is 9.13. The zero-order valence-corrected chi connectivity index (χ0v) is 16.1. The van der Waals surface area contributed by atoms with Crippen molar-refractivity contribution in [3.05, 3.63) is 55.6 Å². The standard InChI is InChI=1S/C18H17ClINO3/c1-11-3-2-4-13(16(11)20)18(22)21-6-5-12-9-14(19)17-15(10-12)23-7-8-24-17/h2-4,9-10H,5-8H2,1H3,(H,21,22). The van der Waals surface area contributed by atoms with Crippen LogP contribution in [0.2, 0.25) is 5.02 Å². The average molecular weight is 458 g/mol. The van der Waals surface area contributed by atoms with Crippen molar-refractivity contribution in [1.82, 2.24) is 5.32 Å². The number of carbonyl (C=O) groups excluding carboxylic acids is 1. The Kier molecular flexibility index (Phi) is 5.50. The molecule has 1 aliphatic rings. The van der Waals surface area contributed by atoms with Gasteiger partial charge in [0.15, 0.2) is 11.5 Å². The molecule has 1 heterocycles. The lowest BCUT2D eigenvalue weighted by Crippen LogP contribution is -2.26. The second-order valence-corrected chi connectivity index (χ2v) is 7.03. The smallest absolute Gasteiger partial charge is 0.252 e. The molecule has 0 radical (unpaired) electrons. The lowest BCUT2D eigenvalue weighted by Gasteiger charge is -2.20. The molecule has 2 aromatic rings. The normalized spacial score (nSPS) is 12.8. The summed E-state index contributed by atoms with van der Waals surface area (Å²) in [6.07, 6.45) is 0.671. The molecule has 0 saturated heterocycles. The minimum atomic E-state index is -0.0632. The Morgan fingerprint density at radius 3 is 2.92 bits per heavy atom. The number of carbonyl (C=O) groups is 1. The molecule has 2 aromatic carbocycles. The summed E-state index contributed by atoms with van der Waals surface area (Å²) in [7, 11) is 0. The number of halogens is 2. The molecule has 0 bridgehead atoms. The van der Waals surface area contributed by atoms with E-state index in [1.165, 1.54) is 0 Å². The Hall–Kier alpha value is -1.47. The van der Waals surface area contributed by atoms with Gasteiger partial charge in [-0.3, -0.25) is 4.79 Å². The molecule has 24 heavy (non-hydrogen) atoms. The maximum absolute atomic E-state index is 12.3. The number of amides is 1. The van der Waals surface area contributed by atoms with Gasteiger partial charge in [-0.2, -0.15) is 0 Å². The van der Waals surface area contributed by atoms with Crippen LogP contribution in [0.5, 0.6) is 11.5 Å². The van der Waals surface area contributed by atoms with E-state index in [1.54, 1.807) is 0 Å². The number of nitrogens with one attached hydrogen (secondary N) is 1. The third-order valence-electron chi connectivity index (χ3n) is 3.79. The van der Waals surface area contributed by atoms with E-state index in [1.807, 2.05) is 37.3 Å². The summed E-state index contributed by atoms with van der Waals surface area (Å²) in [6.45, 7) is 3.56. The maximum Gasteiger partial charge on any atom is 0.252 e. The zero-order valence-electron chi connectivity index (χ0n) is 13.2. The monoisotopic (exact) mass is 457 g/mol. The molecule has 126 valence electrons. The van der Waals surface area contributed by atoms with Gasteiger partial charge in [-0.1, -0.05) is 23.7 Å². The minimum Gasteiger partial charge on any atom is -0.486 e. The molecule has 0 spiro atoms. The quantitative estimate of drug-likeness (QED) is 0.706. The highest BCUT2D eigenvalue weighted by atomic mass is 127. The minimum absolute atomic E-state index is 0.0632. The van der Waals surface area contributed by atoms with Gasteiger partial charge in [-0.15, -0.1) is 0 Å². The number of aryl methyl sites for hydroxylation is 1. The third kappa shape index (κ3) is 3.78. The van der Waals surface area contributed by atoms with Gasteiger partial charge < -0.3 is 14.8 Å². The van der Waals surface area contributed by atoms with Gasteiger partial charge in [0.1, 0.15) is 13.2 Å². The fourth-order valence-electron chi connectivity index (χ4n) is 2.55. The molecule has 0 aromatic heterocycles. The van der Waals surface area contributed by atoms with E-state index in [0.29, 0.717) is 48.3 Å². The molecule has 3 rings (SSSR count). The van der Waals surface area contributed by atoms with Crippen LogP contribution in [0, 0.1) is 10.5 Å². The second kappa shape index (κ2) is 7.61. The lowest BCUT2D eigenvalue weighted by atomic mass is 10.1. The summed E-state index contributed by atoms with van der Waals surface area (Å²) in [5.41, 5.74) is 2.81. The van der Waals surface area contributed by atoms with E-state index in [0.717, 1.165) is 14.7 Å². The molecular formula is C18H17ClINO3. The van der Waals surface area contributed by atoms with Crippen LogP contribution in [-0.4, -0.2) is 25.7 Å². The molecule has 1 aliphatic heterocycles. The van der Waals surface area contributed by atoms with Crippen LogP contribution < -0.4 is 14.8 Å². The molecular weight excluding hydrogens is 441 g/mol. The van der Waals surface area contributed by atoms with Gasteiger partial charge in [-0.25, -0.2) is 0 Å². The van der Waals surface area contributed by atoms with Crippen molar-refractivity contribution in [1.29, 1.82) is 0 Å². The summed E-state index contributed by atoms with van der Waals surface area (Å²) in [5.74, 6) is 1.21. The van der Waals surface area contributed by atoms with Crippen LogP contribution in [0.3, 0.4) is 0 Å². The third-order valence-corrected chi connectivity index (χ3v) is 5.50. The van der Waals surface area contributed by atoms with Crippen LogP contribution in [0.4, 0.5) is 0 Å². The van der Waals surface area contributed by atoms with Gasteiger partial charge in [-0.05, 0) is 65.3 Å². The number of hydrogen-bond donors (Lipinski definition) is 1. The number of benzene rings is 2. The first-order valence-electron chi connectivity index (χ1n) is 7.67. The largest absolute Gasteiger partial charge is 0.486 e. The van der Waals surface area contributed by atoms with Crippen molar-refractivity contribution in [2.75, 3.05) is 19.8 Å². The Bertz CT molecular complexity index is 779. The number of rotatable bonds is 4. The first kappa shape index (κ1) is 17.4. The highest BCUT2D eigenvalue weighted by Gasteiger charge is 2.17. The SMILES string of the molecule is Cc1cccc(C(=O)NCCc2cc(Cl)c3c(c2)OCCO3)c1I. The van der Waals surface area contributed by atoms with Crippen molar-refractivity contribution in [3.8, 4) is 11.5 Å². The topological polar surface area (TPSA) is 47.6 Å². The van der Waals surface area contributed by atoms with Crippen LogP contribution in [0.1, 0.15) is 21.5 Å². The van der Waals surface area contributed by atoms with E-state index < -0.39 is 0 Å². The predicted molar refractivity (Wildman–Crippen MR) is 102 cm³/mol. The van der Waals surface area contributed by atoms with E-state index in [4.69, 9.17) is 21.1 Å². The van der Waals surface area contributed by atoms with Crippen molar-refractivity contribution in [3.63, 3.8) is 0 Å². The van der Waals surface area contributed by atoms with Crippen molar-refractivity contribution in [2.24, 2.45) is 0 Å². The molecule has 0 saturated carbocycles. The molecule has 0 fully saturated rings. The average Bonchev–Trinajstić information content (AvgIpc) is 2.57.